The second kappa shape index (κ2) is 7.34. The topological polar surface area (TPSA) is 44.3 Å². The van der Waals surface area contributed by atoms with Crippen LogP contribution in [-0.4, -0.2) is 54.1 Å². The molecule has 1 aromatic carbocycles. The van der Waals surface area contributed by atoms with Crippen LogP contribution in [0.1, 0.15) is 32.1 Å². The Morgan fingerprint density at radius 3 is 2.50 bits per heavy atom. The lowest BCUT2D eigenvalue weighted by molar-refractivity contribution is 0.337. The van der Waals surface area contributed by atoms with Crippen LogP contribution in [0.15, 0.2) is 24.3 Å². The Hall–Kier alpha value is -1.88. The van der Waals surface area contributed by atoms with E-state index in [0.717, 1.165) is 43.3 Å². The molecule has 2 aliphatic heterocycles. The quantitative estimate of drug-likeness (QED) is 0.827. The van der Waals surface area contributed by atoms with Gasteiger partial charge in [-0.3, -0.25) is 0 Å². The highest BCUT2D eigenvalue weighted by molar-refractivity contribution is 5.90. The molecule has 2 aliphatic rings. The average molecular weight is 325 g/mol. The molecule has 3 heterocycles. The summed E-state index contributed by atoms with van der Waals surface area (Å²) in [5, 5.41) is 4.62. The second-order valence-electron chi connectivity index (χ2n) is 6.91. The number of hydrogen-bond donors (Lipinski definition) is 1. The molecule has 0 radical (unpaired) electrons. The predicted molar refractivity (Wildman–Crippen MR) is 99.8 cm³/mol. The standard InChI is InChI=1S/C19H27N5/c1-2-9-17-16(8-1)18(24-14-5-6-15-24)22-19(21-17)20-10-7-13-23-11-3-4-12-23/h1-2,8-9H,3-7,10-15H2,(H,20,21,22). The van der Waals surface area contributed by atoms with Gasteiger partial charge in [0.05, 0.1) is 5.52 Å². The van der Waals surface area contributed by atoms with Crippen LogP contribution >= 0.6 is 0 Å². The van der Waals surface area contributed by atoms with Crippen LogP contribution in [0.25, 0.3) is 10.9 Å². The molecule has 0 aliphatic carbocycles. The fourth-order valence-corrected chi connectivity index (χ4v) is 3.82. The highest BCUT2D eigenvalue weighted by Crippen LogP contribution is 2.27. The third-order valence-corrected chi connectivity index (χ3v) is 5.12. The minimum absolute atomic E-state index is 0.775. The van der Waals surface area contributed by atoms with Crippen molar-refractivity contribution in [3.05, 3.63) is 24.3 Å². The number of aromatic nitrogens is 2. The van der Waals surface area contributed by atoms with Crippen molar-refractivity contribution in [2.75, 3.05) is 49.5 Å². The summed E-state index contributed by atoms with van der Waals surface area (Å²) in [6.07, 6.45) is 6.39. The Morgan fingerprint density at radius 1 is 0.917 bits per heavy atom. The molecule has 2 saturated heterocycles. The zero-order valence-electron chi connectivity index (χ0n) is 14.4. The SMILES string of the molecule is c1ccc2c(N3CCCC3)nc(NCCCN3CCCC3)nc2c1. The smallest absolute Gasteiger partial charge is 0.225 e. The normalized spacial score (nSPS) is 18.6. The van der Waals surface area contributed by atoms with Crippen LogP contribution in [0, 0.1) is 0 Å². The van der Waals surface area contributed by atoms with Gasteiger partial charge in [0.25, 0.3) is 0 Å². The van der Waals surface area contributed by atoms with Crippen LogP contribution in [0.4, 0.5) is 11.8 Å². The number of para-hydroxylation sites is 1. The molecular weight excluding hydrogens is 298 g/mol. The van der Waals surface area contributed by atoms with E-state index in [0.29, 0.717) is 0 Å². The van der Waals surface area contributed by atoms with Gasteiger partial charge in [-0.15, -0.1) is 0 Å². The molecule has 0 spiro atoms. The van der Waals surface area contributed by atoms with E-state index in [1.54, 1.807) is 0 Å². The van der Waals surface area contributed by atoms with Crippen LogP contribution < -0.4 is 10.2 Å². The lowest BCUT2D eigenvalue weighted by Gasteiger charge is -2.19. The maximum atomic E-state index is 4.84. The Kier molecular flexibility index (Phi) is 4.78. The van der Waals surface area contributed by atoms with Crippen LogP contribution in [-0.2, 0) is 0 Å². The summed E-state index contributed by atoms with van der Waals surface area (Å²) in [6, 6.07) is 8.36. The third-order valence-electron chi connectivity index (χ3n) is 5.12. The minimum atomic E-state index is 0.775. The first kappa shape index (κ1) is 15.6. The molecule has 2 aromatic rings. The monoisotopic (exact) mass is 325 g/mol. The van der Waals surface area contributed by atoms with Crippen molar-refractivity contribution < 1.29 is 0 Å². The summed E-state index contributed by atoms with van der Waals surface area (Å²) >= 11 is 0. The van der Waals surface area contributed by atoms with E-state index in [1.165, 1.54) is 50.7 Å². The minimum Gasteiger partial charge on any atom is -0.356 e. The van der Waals surface area contributed by atoms with Gasteiger partial charge in [0, 0.05) is 25.0 Å². The molecule has 0 atom stereocenters. The zero-order chi connectivity index (χ0) is 16.2. The summed E-state index contributed by atoms with van der Waals surface area (Å²) in [5.41, 5.74) is 1.04. The van der Waals surface area contributed by atoms with Gasteiger partial charge < -0.3 is 15.1 Å². The van der Waals surface area contributed by atoms with E-state index in [9.17, 15) is 0 Å². The van der Waals surface area contributed by atoms with Crippen molar-refractivity contribution in [1.29, 1.82) is 0 Å². The van der Waals surface area contributed by atoms with Crippen molar-refractivity contribution in [2.24, 2.45) is 0 Å². The van der Waals surface area contributed by atoms with Gasteiger partial charge in [-0.25, -0.2) is 4.98 Å². The van der Waals surface area contributed by atoms with Crippen molar-refractivity contribution in [3.8, 4) is 0 Å². The lowest BCUT2D eigenvalue weighted by Crippen LogP contribution is -2.23. The van der Waals surface area contributed by atoms with Crippen molar-refractivity contribution >= 4 is 22.7 Å². The van der Waals surface area contributed by atoms with E-state index >= 15 is 0 Å². The number of anilines is 2. The third kappa shape index (κ3) is 3.46. The zero-order valence-corrected chi connectivity index (χ0v) is 14.4. The fraction of sp³-hybridized carbons (Fsp3) is 0.579. The Labute approximate surface area is 144 Å². The van der Waals surface area contributed by atoms with E-state index in [2.05, 4.69) is 39.4 Å². The van der Waals surface area contributed by atoms with Crippen LogP contribution in [0.2, 0.25) is 0 Å². The molecule has 1 N–H and O–H groups in total. The number of rotatable bonds is 6. The van der Waals surface area contributed by atoms with E-state index in [1.807, 2.05) is 0 Å². The number of nitrogens with zero attached hydrogens (tertiary/aromatic N) is 4. The Balaban J connectivity index is 1.46. The molecule has 1 aromatic heterocycles. The summed E-state index contributed by atoms with van der Waals surface area (Å²) < 4.78 is 0. The van der Waals surface area contributed by atoms with Gasteiger partial charge in [0.15, 0.2) is 0 Å². The average Bonchev–Trinajstić information content (AvgIpc) is 3.31. The molecule has 2 fully saturated rings. The summed E-state index contributed by atoms with van der Waals surface area (Å²) in [6.45, 7) is 6.87. The number of nitrogens with one attached hydrogen (secondary N) is 1. The second-order valence-corrected chi connectivity index (χ2v) is 6.91. The fourth-order valence-electron chi connectivity index (χ4n) is 3.82. The van der Waals surface area contributed by atoms with Gasteiger partial charge in [-0.1, -0.05) is 12.1 Å². The predicted octanol–water partition coefficient (Wildman–Crippen LogP) is 3.13. The molecule has 5 heteroatoms. The molecule has 0 saturated carbocycles. The van der Waals surface area contributed by atoms with E-state index in [4.69, 9.17) is 9.97 Å². The largest absolute Gasteiger partial charge is 0.356 e. The van der Waals surface area contributed by atoms with E-state index < -0.39 is 0 Å². The van der Waals surface area contributed by atoms with Gasteiger partial charge in [0.1, 0.15) is 5.82 Å². The summed E-state index contributed by atoms with van der Waals surface area (Å²) in [5.74, 6) is 1.87. The Morgan fingerprint density at radius 2 is 1.67 bits per heavy atom. The number of benzene rings is 1. The molecular formula is C19H27N5. The first-order chi connectivity index (χ1) is 11.9. The molecule has 5 nitrogen and oxygen atoms in total. The lowest BCUT2D eigenvalue weighted by atomic mass is 10.2. The van der Waals surface area contributed by atoms with Crippen molar-refractivity contribution in [3.63, 3.8) is 0 Å². The van der Waals surface area contributed by atoms with Crippen molar-refractivity contribution in [1.82, 2.24) is 14.9 Å². The number of fused-ring (bicyclic) bond motifs is 1. The molecule has 4 rings (SSSR count). The molecule has 128 valence electrons. The van der Waals surface area contributed by atoms with Crippen LogP contribution in [0.3, 0.4) is 0 Å². The highest BCUT2D eigenvalue weighted by atomic mass is 15.2. The van der Waals surface area contributed by atoms with Gasteiger partial charge in [0.2, 0.25) is 5.95 Å². The first-order valence-corrected chi connectivity index (χ1v) is 9.38. The maximum Gasteiger partial charge on any atom is 0.225 e. The van der Waals surface area contributed by atoms with Gasteiger partial charge in [-0.2, -0.15) is 4.98 Å². The summed E-state index contributed by atoms with van der Waals surface area (Å²) in [4.78, 5) is 14.5. The van der Waals surface area contributed by atoms with Gasteiger partial charge >= 0.3 is 0 Å². The van der Waals surface area contributed by atoms with Crippen LogP contribution in [0.5, 0.6) is 0 Å². The first-order valence-electron chi connectivity index (χ1n) is 9.38. The number of hydrogen-bond acceptors (Lipinski definition) is 5. The molecule has 0 bridgehead atoms. The maximum absolute atomic E-state index is 4.84. The summed E-state index contributed by atoms with van der Waals surface area (Å²) in [7, 11) is 0. The molecule has 0 amide bonds. The number of likely N-dealkylation sites (tertiary alicyclic amines) is 1. The highest BCUT2D eigenvalue weighted by Gasteiger charge is 2.18. The molecule has 24 heavy (non-hydrogen) atoms. The van der Waals surface area contributed by atoms with Gasteiger partial charge in [-0.05, 0) is 63.9 Å². The van der Waals surface area contributed by atoms with Crippen molar-refractivity contribution in [2.45, 2.75) is 32.1 Å². The van der Waals surface area contributed by atoms with E-state index in [-0.39, 0.29) is 0 Å². The molecule has 0 unspecified atom stereocenters. The Bertz CT molecular complexity index is 675.